The largest absolute Gasteiger partial charge is 0.481 e. The number of carboxylic acids is 1. The van der Waals surface area contributed by atoms with Crippen molar-refractivity contribution in [3.8, 4) is 5.69 Å². The van der Waals surface area contributed by atoms with Gasteiger partial charge in [-0.05, 0) is 68.8 Å². The number of aromatic nitrogens is 2. The summed E-state index contributed by atoms with van der Waals surface area (Å²) in [5, 5.41) is 17.9. The molecule has 0 aliphatic rings. The molecule has 0 amide bonds. The Balaban J connectivity index is 1.49. The lowest BCUT2D eigenvalue weighted by Gasteiger charge is -2.20. The van der Waals surface area contributed by atoms with Gasteiger partial charge in [0, 0.05) is 68.7 Å². The number of aliphatic carboxylic acids is 1. The Labute approximate surface area is 240 Å². The Morgan fingerprint density at radius 2 is 1.41 bits per heavy atom. The van der Waals surface area contributed by atoms with E-state index in [0.717, 1.165) is 57.9 Å². The molecule has 5 aromatic rings. The van der Waals surface area contributed by atoms with Crippen LogP contribution in [0.15, 0.2) is 101 Å². The van der Waals surface area contributed by atoms with E-state index in [1.165, 1.54) is 5.69 Å². The molecule has 0 fully saturated rings. The summed E-state index contributed by atoms with van der Waals surface area (Å²) in [6.07, 6.45) is 0.758. The molecule has 0 unspecified atom stereocenters. The summed E-state index contributed by atoms with van der Waals surface area (Å²) in [7, 11) is 1.96. The van der Waals surface area contributed by atoms with Crippen molar-refractivity contribution in [1.29, 1.82) is 0 Å². The molecule has 41 heavy (non-hydrogen) atoms. The van der Waals surface area contributed by atoms with Crippen molar-refractivity contribution in [2.24, 2.45) is 10.2 Å². The highest BCUT2D eigenvalue weighted by atomic mass is 16.4. The maximum Gasteiger partial charge on any atom is 0.303 e. The fourth-order valence-electron chi connectivity index (χ4n) is 5.02. The third-order valence-corrected chi connectivity index (χ3v) is 7.24. The third-order valence-electron chi connectivity index (χ3n) is 7.24. The van der Waals surface area contributed by atoms with E-state index in [1.807, 2.05) is 72.6 Å². The van der Waals surface area contributed by atoms with Crippen molar-refractivity contribution in [3.05, 3.63) is 91.0 Å². The third kappa shape index (κ3) is 6.32. The van der Waals surface area contributed by atoms with Crippen molar-refractivity contribution >= 4 is 50.8 Å². The molecule has 0 atom stereocenters. The second-order valence-corrected chi connectivity index (χ2v) is 9.94. The van der Waals surface area contributed by atoms with Crippen LogP contribution in [-0.2, 0) is 4.79 Å². The van der Waals surface area contributed by atoms with E-state index in [9.17, 15) is 4.79 Å². The summed E-state index contributed by atoms with van der Waals surface area (Å²) in [6, 6.07) is 30.6. The first-order valence-corrected chi connectivity index (χ1v) is 14.0. The summed E-state index contributed by atoms with van der Waals surface area (Å²) in [6.45, 7) is 6.87. The molecule has 0 aliphatic carbocycles. The summed E-state index contributed by atoms with van der Waals surface area (Å²) < 4.78 is 2.25. The predicted octanol–water partition coefficient (Wildman–Crippen LogP) is 7.23. The van der Waals surface area contributed by atoms with Crippen LogP contribution in [0.3, 0.4) is 0 Å². The van der Waals surface area contributed by atoms with Crippen LogP contribution in [0.5, 0.6) is 0 Å². The molecule has 0 saturated heterocycles. The lowest BCUT2D eigenvalue weighted by atomic mass is 10.1. The molecular weight excluding hydrogens is 512 g/mol. The van der Waals surface area contributed by atoms with Crippen LogP contribution in [0, 0.1) is 0 Å². The first-order valence-electron chi connectivity index (χ1n) is 14.0. The van der Waals surface area contributed by atoms with Gasteiger partial charge < -0.3 is 14.9 Å². The Kier molecular flexibility index (Phi) is 8.48. The average molecular weight is 548 g/mol. The first kappa shape index (κ1) is 27.7. The highest BCUT2D eigenvalue weighted by Crippen LogP contribution is 2.27. The molecule has 4 aromatic carbocycles. The van der Waals surface area contributed by atoms with Crippen LogP contribution in [0.2, 0.25) is 0 Å². The van der Waals surface area contributed by atoms with Crippen LogP contribution in [0.1, 0.15) is 26.7 Å². The zero-order valence-electron chi connectivity index (χ0n) is 23.7. The highest BCUT2D eigenvalue weighted by Gasteiger charge is 2.21. The number of anilines is 2. The van der Waals surface area contributed by atoms with Crippen molar-refractivity contribution in [2.75, 3.05) is 36.5 Å². The highest BCUT2D eigenvalue weighted by molar-refractivity contribution is 5.85. The molecule has 1 heterocycles. The van der Waals surface area contributed by atoms with E-state index in [-0.39, 0.29) is 6.42 Å². The van der Waals surface area contributed by atoms with Crippen molar-refractivity contribution < 1.29 is 14.5 Å². The van der Waals surface area contributed by atoms with E-state index in [4.69, 9.17) is 10.1 Å². The molecule has 0 saturated carbocycles. The van der Waals surface area contributed by atoms with Crippen molar-refractivity contribution in [1.82, 2.24) is 4.98 Å². The summed E-state index contributed by atoms with van der Waals surface area (Å²) in [4.78, 5) is 20.1. The van der Waals surface area contributed by atoms with E-state index in [2.05, 4.69) is 63.9 Å². The minimum absolute atomic E-state index is 0.162. The molecule has 0 spiro atoms. The standard InChI is InChI=1S/C33H34N6O2/c1-4-38(5-2)28-18-20-30-32(23-28)39(27-10-7-6-8-11-27)31-22-25(15-19-29(31)34-30)36-35-24-13-16-26(17-14-24)37(3)21-9-12-33(40)41/h6-8,10-11,13-20,22-23H,4-5,9,12,21H2,1-3H3/p+1. The van der Waals surface area contributed by atoms with Crippen LogP contribution in [-0.4, -0.2) is 42.7 Å². The minimum Gasteiger partial charge on any atom is -0.481 e. The van der Waals surface area contributed by atoms with E-state index < -0.39 is 5.97 Å². The van der Waals surface area contributed by atoms with Gasteiger partial charge in [0.25, 0.3) is 0 Å². The number of nitrogens with zero attached hydrogens (tertiary/aromatic N) is 6. The number of carboxylic acid groups (broad SMARTS) is 1. The normalized spacial score (nSPS) is 11.4. The lowest BCUT2D eigenvalue weighted by molar-refractivity contribution is -0.538. The van der Waals surface area contributed by atoms with E-state index in [1.54, 1.807) is 0 Å². The Bertz CT molecular complexity index is 1680. The topological polar surface area (TPSA) is 85.3 Å². The molecule has 8 heteroatoms. The molecular formula is C33H35N6O2+. The predicted molar refractivity (Wildman–Crippen MR) is 165 cm³/mol. The summed E-state index contributed by atoms with van der Waals surface area (Å²) >= 11 is 0. The van der Waals surface area contributed by atoms with Gasteiger partial charge in [-0.25, -0.2) is 4.98 Å². The van der Waals surface area contributed by atoms with Gasteiger partial charge in [-0.3, -0.25) is 4.79 Å². The van der Waals surface area contributed by atoms with E-state index >= 15 is 0 Å². The molecule has 5 rings (SSSR count). The van der Waals surface area contributed by atoms with Crippen LogP contribution < -0.4 is 14.4 Å². The smallest absolute Gasteiger partial charge is 0.303 e. The Hall–Kier alpha value is -4.85. The maximum absolute atomic E-state index is 10.8. The van der Waals surface area contributed by atoms with Crippen LogP contribution in [0.4, 0.5) is 22.7 Å². The number of para-hydroxylation sites is 1. The van der Waals surface area contributed by atoms with Gasteiger partial charge in [-0.2, -0.15) is 10.2 Å². The molecule has 1 N–H and O–H groups in total. The summed E-state index contributed by atoms with van der Waals surface area (Å²) in [5.74, 6) is -0.773. The van der Waals surface area contributed by atoms with Gasteiger partial charge in [0.1, 0.15) is 11.0 Å². The number of rotatable bonds is 11. The molecule has 0 bridgehead atoms. The van der Waals surface area contributed by atoms with Gasteiger partial charge in [-0.15, -0.1) is 4.57 Å². The van der Waals surface area contributed by atoms with Crippen LogP contribution >= 0.6 is 0 Å². The first-order chi connectivity index (χ1) is 20.0. The molecule has 208 valence electrons. The monoisotopic (exact) mass is 547 g/mol. The number of benzene rings is 4. The van der Waals surface area contributed by atoms with Gasteiger partial charge in [0.15, 0.2) is 0 Å². The Morgan fingerprint density at radius 1 is 0.805 bits per heavy atom. The quantitative estimate of drug-likeness (QED) is 0.107. The number of carbonyl (C=O) groups is 1. The molecule has 0 radical (unpaired) electrons. The van der Waals surface area contributed by atoms with Gasteiger partial charge in [-0.1, -0.05) is 18.2 Å². The maximum atomic E-state index is 10.8. The zero-order chi connectivity index (χ0) is 28.8. The second kappa shape index (κ2) is 12.6. The fraction of sp³-hybridized carbons (Fsp3) is 0.242. The average Bonchev–Trinajstić information content (AvgIpc) is 3.00. The van der Waals surface area contributed by atoms with Crippen LogP contribution in [0.25, 0.3) is 27.8 Å². The van der Waals surface area contributed by atoms with Gasteiger partial charge in [0.05, 0.1) is 11.4 Å². The lowest BCUT2D eigenvalue weighted by Crippen LogP contribution is -2.33. The van der Waals surface area contributed by atoms with Crippen molar-refractivity contribution in [2.45, 2.75) is 26.7 Å². The molecule has 8 nitrogen and oxygen atoms in total. The number of hydrogen-bond acceptors (Lipinski definition) is 6. The SMILES string of the molecule is CCN(CC)c1ccc2nc3ccc(/N=N/c4ccc(N(C)CCCC(=O)O)cc4)cc3[n+](-c3ccccc3)c2c1. The molecule has 1 aromatic heterocycles. The molecule has 0 aliphatic heterocycles. The Morgan fingerprint density at radius 3 is 2.10 bits per heavy atom. The minimum atomic E-state index is -0.773. The number of hydrogen-bond donors (Lipinski definition) is 1. The van der Waals surface area contributed by atoms with Gasteiger partial charge in [0.2, 0.25) is 16.7 Å². The van der Waals surface area contributed by atoms with E-state index in [0.29, 0.717) is 13.0 Å². The van der Waals surface area contributed by atoms with Crippen molar-refractivity contribution in [3.63, 3.8) is 0 Å². The number of fused-ring (bicyclic) bond motifs is 2. The van der Waals surface area contributed by atoms with Gasteiger partial charge >= 0.3 is 5.97 Å². The second-order valence-electron chi connectivity index (χ2n) is 9.94. The fourth-order valence-corrected chi connectivity index (χ4v) is 5.02. The number of azo groups is 1. The zero-order valence-corrected chi connectivity index (χ0v) is 23.7. The summed E-state index contributed by atoms with van der Waals surface area (Å²) in [5.41, 5.74) is 8.50.